The van der Waals surface area contributed by atoms with Crippen LogP contribution in [0.3, 0.4) is 0 Å². The second kappa shape index (κ2) is 10.2. The Kier molecular flexibility index (Phi) is 7.10. The number of aryl methyl sites for hydroxylation is 1. The van der Waals surface area contributed by atoms with E-state index in [-0.39, 0.29) is 0 Å². The summed E-state index contributed by atoms with van der Waals surface area (Å²) in [6.45, 7) is 14.5. The molecular formula is C32H36. The van der Waals surface area contributed by atoms with Gasteiger partial charge < -0.3 is 0 Å². The summed E-state index contributed by atoms with van der Waals surface area (Å²) in [6, 6.07) is 13.8. The van der Waals surface area contributed by atoms with Gasteiger partial charge in [0.1, 0.15) is 0 Å². The van der Waals surface area contributed by atoms with Crippen molar-refractivity contribution in [2.75, 3.05) is 0 Å². The normalized spacial score (nSPS) is 16.5. The summed E-state index contributed by atoms with van der Waals surface area (Å²) in [7, 11) is 0. The predicted octanol–water partition coefficient (Wildman–Crippen LogP) is 8.79. The van der Waals surface area contributed by atoms with E-state index in [0.29, 0.717) is 5.92 Å². The Balaban J connectivity index is 1.87. The molecule has 0 saturated carbocycles. The van der Waals surface area contributed by atoms with E-state index in [0.717, 1.165) is 25.7 Å². The van der Waals surface area contributed by atoms with E-state index >= 15 is 0 Å². The van der Waals surface area contributed by atoms with Crippen LogP contribution in [0.4, 0.5) is 0 Å². The number of hydrogen-bond donors (Lipinski definition) is 0. The standard InChI is InChI=1S/C32H36/c1-5-9-10-16-23-17-12-20-28-29(23)22-26(15-8-4)31(28)32-25(14-7-3)21-27-19-11-18-24(13-6-2)30(27)32/h6-8,11-12,17-20,22,31H,2-5,9-10,13-16,21H2,1H3. The summed E-state index contributed by atoms with van der Waals surface area (Å²) >= 11 is 0. The molecule has 0 radical (unpaired) electrons. The highest BCUT2D eigenvalue weighted by Crippen LogP contribution is 2.53. The second-order valence-electron chi connectivity index (χ2n) is 9.15. The lowest BCUT2D eigenvalue weighted by molar-refractivity contribution is 0.716. The molecule has 32 heavy (non-hydrogen) atoms. The molecule has 2 aromatic rings. The third-order valence-electron chi connectivity index (χ3n) is 7.01. The number of allylic oxidation sites excluding steroid dienone is 6. The first-order valence-corrected chi connectivity index (χ1v) is 12.2. The highest BCUT2D eigenvalue weighted by molar-refractivity contribution is 5.89. The highest BCUT2D eigenvalue weighted by atomic mass is 14.4. The number of rotatable bonds is 11. The average molecular weight is 421 g/mol. The number of hydrogen-bond acceptors (Lipinski definition) is 0. The topological polar surface area (TPSA) is 0 Å². The first-order chi connectivity index (χ1) is 15.7. The summed E-state index contributed by atoms with van der Waals surface area (Å²) in [4.78, 5) is 0. The van der Waals surface area contributed by atoms with E-state index in [1.54, 1.807) is 0 Å². The van der Waals surface area contributed by atoms with E-state index in [4.69, 9.17) is 0 Å². The fraction of sp³-hybridized carbons (Fsp3) is 0.312. The molecule has 0 fully saturated rings. The lowest BCUT2D eigenvalue weighted by Crippen LogP contribution is -2.06. The van der Waals surface area contributed by atoms with Gasteiger partial charge in [0.05, 0.1) is 0 Å². The van der Waals surface area contributed by atoms with Crippen LogP contribution in [0.15, 0.2) is 85.5 Å². The number of fused-ring (bicyclic) bond motifs is 2. The average Bonchev–Trinajstić information content (AvgIpc) is 3.33. The Bertz CT molecular complexity index is 1090. The van der Waals surface area contributed by atoms with E-state index in [1.807, 2.05) is 6.08 Å². The van der Waals surface area contributed by atoms with E-state index in [2.05, 4.69) is 81.3 Å². The SMILES string of the molecule is C=CCC1=Cc2c(CCCCC)cccc2C1C1=C(CC=C)Cc2cccc(CC=C)c21. The van der Waals surface area contributed by atoms with Crippen LogP contribution < -0.4 is 0 Å². The minimum atomic E-state index is 0.316. The van der Waals surface area contributed by atoms with Crippen LogP contribution in [-0.2, 0) is 19.3 Å². The zero-order chi connectivity index (χ0) is 22.5. The molecule has 0 nitrogen and oxygen atoms in total. The monoisotopic (exact) mass is 420 g/mol. The quantitative estimate of drug-likeness (QED) is 0.252. The molecule has 2 aliphatic rings. The van der Waals surface area contributed by atoms with Crippen molar-refractivity contribution in [2.24, 2.45) is 0 Å². The van der Waals surface area contributed by atoms with Crippen molar-refractivity contribution in [3.8, 4) is 0 Å². The maximum atomic E-state index is 4.09. The zero-order valence-corrected chi connectivity index (χ0v) is 19.6. The lowest BCUT2D eigenvalue weighted by atomic mass is 9.80. The van der Waals surface area contributed by atoms with Gasteiger partial charge in [-0.2, -0.15) is 0 Å². The molecule has 0 bridgehead atoms. The summed E-state index contributed by atoms with van der Waals surface area (Å²) in [6.07, 6.45) is 17.5. The largest absolute Gasteiger partial charge is 0.103 e. The molecule has 2 aliphatic carbocycles. The summed E-state index contributed by atoms with van der Waals surface area (Å²) in [5, 5.41) is 0. The summed E-state index contributed by atoms with van der Waals surface area (Å²) < 4.78 is 0. The van der Waals surface area contributed by atoms with Gasteiger partial charge in [0.15, 0.2) is 0 Å². The van der Waals surface area contributed by atoms with Gasteiger partial charge in [-0.15, -0.1) is 19.7 Å². The molecule has 0 N–H and O–H groups in total. The maximum Gasteiger partial charge on any atom is 0.0317 e. The van der Waals surface area contributed by atoms with Gasteiger partial charge in [-0.05, 0) is 77.5 Å². The molecule has 1 atom stereocenters. The van der Waals surface area contributed by atoms with E-state index < -0.39 is 0 Å². The lowest BCUT2D eigenvalue weighted by Gasteiger charge is -2.23. The zero-order valence-electron chi connectivity index (χ0n) is 19.6. The minimum Gasteiger partial charge on any atom is -0.103 e. The van der Waals surface area contributed by atoms with Gasteiger partial charge in [0, 0.05) is 5.92 Å². The maximum absolute atomic E-state index is 4.09. The second-order valence-corrected chi connectivity index (χ2v) is 9.15. The molecule has 0 saturated heterocycles. The Hall–Kier alpha value is -2.86. The Morgan fingerprint density at radius 2 is 1.62 bits per heavy atom. The van der Waals surface area contributed by atoms with Crippen molar-refractivity contribution >= 4 is 11.6 Å². The molecule has 164 valence electrons. The fourth-order valence-corrected chi connectivity index (χ4v) is 5.68. The Morgan fingerprint density at radius 1 is 0.875 bits per heavy atom. The first kappa shape index (κ1) is 22.3. The van der Waals surface area contributed by atoms with Crippen LogP contribution in [-0.4, -0.2) is 0 Å². The Morgan fingerprint density at radius 3 is 2.38 bits per heavy atom. The van der Waals surface area contributed by atoms with Gasteiger partial charge in [0.25, 0.3) is 0 Å². The molecule has 0 amide bonds. The van der Waals surface area contributed by atoms with Crippen molar-refractivity contribution in [1.82, 2.24) is 0 Å². The van der Waals surface area contributed by atoms with Gasteiger partial charge in [-0.1, -0.05) is 91.6 Å². The van der Waals surface area contributed by atoms with Gasteiger partial charge in [-0.3, -0.25) is 0 Å². The molecule has 0 spiro atoms. The number of unbranched alkanes of at least 4 members (excludes halogenated alkanes) is 2. The molecule has 2 aromatic carbocycles. The van der Waals surface area contributed by atoms with E-state index in [9.17, 15) is 0 Å². The predicted molar refractivity (Wildman–Crippen MR) is 141 cm³/mol. The molecule has 0 heteroatoms. The fourth-order valence-electron chi connectivity index (χ4n) is 5.68. The third-order valence-corrected chi connectivity index (χ3v) is 7.01. The van der Waals surface area contributed by atoms with Crippen LogP contribution in [0.25, 0.3) is 11.6 Å². The smallest absolute Gasteiger partial charge is 0.0317 e. The Labute approximate surface area is 194 Å². The minimum absolute atomic E-state index is 0.316. The molecule has 0 aromatic heterocycles. The van der Waals surface area contributed by atoms with Crippen LogP contribution in [0, 0.1) is 0 Å². The van der Waals surface area contributed by atoms with Crippen LogP contribution >= 0.6 is 0 Å². The van der Waals surface area contributed by atoms with Crippen molar-refractivity contribution in [3.05, 3.63) is 119 Å². The van der Waals surface area contributed by atoms with Crippen LogP contribution in [0.1, 0.15) is 78.3 Å². The number of benzene rings is 2. The molecule has 4 rings (SSSR count). The van der Waals surface area contributed by atoms with Crippen LogP contribution in [0.2, 0.25) is 0 Å². The van der Waals surface area contributed by atoms with E-state index in [1.165, 1.54) is 75.8 Å². The first-order valence-electron chi connectivity index (χ1n) is 12.2. The summed E-state index contributed by atoms with van der Waals surface area (Å²) in [5.74, 6) is 0.316. The molecular weight excluding hydrogens is 384 g/mol. The highest BCUT2D eigenvalue weighted by Gasteiger charge is 2.35. The molecule has 1 unspecified atom stereocenters. The van der Waals surface area contributed by atoms with Crippen molar-refractivity contribution in [1.29, 1.82) is 0 Å². The van der Waals surface area contributed by atoms with Crippen molar-refractivity contribution in [3.63, 3.8) is 0 Å². The molecule has 0 heterocycles. The third kappa shape index (κ3) is 4.11. The van der Waals surface area contributed by atoms with Crippen molar-refractivity contribution in [2.45, 2.75) is 64.2 Å². The van der Waals surface area contributed by atoms with Gasteiger partial charge >= 0.3 is 0 Å². The van der Waals surface area contributed by atoms with Crippen molar-refractivity contribution < 1.29 is 0 Å². The van der Waals surface area contributed by atoms with Gasteiger partial charge in [-0.25, -0.2) is 0 Å². The van der Waals surface area contributed by atoms with Crippen LogP contribution in [0.5, 0.6) is 0 Å². The summed E-state index contributed by atoms with van der Waals surface area (Å²) in [5.41, 5.74) is 13.3. The molecule has 0 aliphatic heterocycles. The van der Waals surface area contributed by atoms with Gasteiger partial charge in [0.2, 0.25) is 0 Å².